The van der Waals surface area contributed by atoms with Crippen LogP contribution in [0.25, 0.3) is 0 Å². The SMILES string of the molecule is COCC(=O)NCc1cnn(C)c1. The van der Waals surface area contributed by atoms with Gasteiger partial charge in [-0.1, -0.05) is 0 Å². The number of rotatable bonds is 4. The number of aromatic nitrogens is 2. The number of carbonyl (C=O) groups is 1. The van der Waals surface area contributed by atoms with Crippen LogP contribution in [0.1, 0.15) is 5.56 Å². The molecule has 0 saturated heterocycles. The van der Waals surface area contributed by atoms with E-state index in [4.69, 9.17) is 0 Å². The van der Waals surface area contributed by atoms with Gasteiger partial charge in [-0.25, -0.2) is 0 Å². The Balaban J connectivity index is 2.30. The van der Waals surface area contributed by atoms with Crippen LogP contribution in [0, 0.1) is 0 Å². The number of amides is 1. The summed E-state index contributed by atoms with van der Waals surface area (Å²) in [5.74, 6) is -0.119. The standard InChI is InChI=1S/C8H13N3O2/c1-11-5-7(4-10-11)3-9-8(12)6-13-2/h4-5H,3,6H2,1-2H3,(H,9,12). The van der Waals surface area contributed by atoms with E-state index in [1.807, 2.05) is 13.2 Å². The van der Waals surface area contributed by atoms with Gasteiger partial charge in [-0.05, 0) is 0 Å². The van der Waals surface area contributed by atoms with E-state index in [0.717, 1.165) is 5.56 Å². The van der Waals surface area contributed by atoms with Crippen LogP contribution in [0.3, 0.4) is 0 Å². The molecule has 0 atom stereocenters. The van der Waals surface area contributed by atoms with Gasteiger partial charge >= 0.3 is 0 Å². The minimum atomic E-state index is -0.119. The fourth-order valence-electron chi connectivity index (χ4n) is 0.946. The van der Waals surface area contributed by atoms with Crippen molar-refractivity contribution in [1.29, 1.82) is 0 Å². The smallest absolute Gasteiger partial charge is 0.246 e. The first-order valence-electron chi connectivity index (χ1n) is 3.95. The van der Waals surface area contributed by atoms with Crippen molar-refractivity contribution >= 4 is 5.91 Å². The minimum Gasteiger partial charge on any atom is -0.375 e. The number of nitrogens with zero attached hydrogens (tertiary/aromatic N) is 2. The number of hydrogen-bond acceptors (Lipinski definition) is 3. The molecule has 1 N–H and O–H groups in total. The van der Waals surface area contributed by atoms with Crippen molar-refractivity contribution in [2.45, 2.75) is 6.54 Å². The van der Waals surface area contributed by atoms with Crippen molar-refractivity contribution in [3.05, 3.63) is 18.0 Å². The van der Waals surface area contributed by atoms with E-state index in [2.05, 4.69) is 15.2 Å². The van der Waals surface area contributed by atoms with Gasteiger partial charge in [-0.3, -0.25) is 9.48 Å². The molecular weight excluding hydrogens is 170 g/mol. The summed E-state index contributed by atoms with van der Waals surface area (Å²) in [6.45, 7) is 0.594. The largest absolute Gasteiger partial charge is 0.375 e. The quantitative estimate of drug-likeness (QED) is 0.696. The second-order valence-electron chi connectivity index (χ2n) is 2.73. The topological polar surface area (TPSA) is 56.1 Å². The van der Waals surface area contributed by atoms with Gasteiger partial charge in [0.1, 0.15) is 6.61 Å². The molecule has 1 aromatic rings. The number of hydrogen-bond donors (Lipinski definition) is 1. The third-order valence-electron chi connectivity index (χ3n) is 1.52. The number of carbonyl (C=O) groups excluding carboxylic acids is 1. The van der Waals surface area contributed by atoms with Crippen molar-refractivity contribution in [3.8, 4) is 0 Å². The third-order valence-corrected chi connectivity index (χ3v) is 1.52. The van der Waals surface area contributed by atoms with Crippen molar-refractivity contribution in [1.82, 2.24) is 15.1 Å². The van der Waals surface area contributed by atoms with E-state index in [1.54, 1.807) is 10.9 Å². The summed E-state index contributed by atoms with van der Waals surface area (Å²) in [6.07, 6.45) is 3.57. The number of aryl methyl sites for hydroxylation is 1. The first-order chi connectivity index (χ1) is 6.22. The van der Waals surface area contributed by atoms with Gasteiger partial charge in [0.05, 0.1) is 6.20 Å². The van der Waals surface area contributed by atoms with Crippen LogP contribution in [-0.2, 0) is 23.1 Å². The fourth-order valence-corrected chi connectivity index (χ4v) is 0.946. The van der Waals surface area contributed by atoms with Gasteiger partial charge in [-0.15, -0.1) is 0 Å². The average molecular weight is 183 g/mol. The Bertz CT molecular complexity index is 283. The Morgan fingerprint density at radius 1 is 1.77 bits per heavy atom. The maximum atomic E-state index is 11.0. The van der Waals surface area contributed by atoms with Crippen LogP contribution < -0.4 is 5.32 Å². The summed E-state index contributed by atoms with van der Waals surface area (Å²) in [5, 5.41) is 6.67. The number of ether oxygens (including phenoxy) is 1. The molecule has 0 aliphatic rings. The lowest BCUT2D eigenvalue weighted by Gasteiger charge is -2.01. The van der Waals surface area contributed by atoms with Crippen molar-refractivity contribution < 1.29 is 9.53 Å². The second kappa shape index (κ2) is 4.61. The highest BCUT2D eigenvalue weighted by Gasteiger charge is 2.00. The lowest BCUT2D eigenvalue weighted by molar-refractivity contribution is -0.124. The molecule has 0 aliphatic heterocycles. The normalized spacial score (nSPS) is 10.0. The molecule has 1 amide bonds. The highest BCUT2D eigenvalue weighted by atomic mass is 16.5. The van der Waals surface area contributed by atoms with Crippen LogP contribution in [0.4, 0.5) is 0 Å². The third kappa shape index (κ3) is 3.25. The second-order valence-corrected chi connectivity index (χ2v) is 2.73. The van der Waals surface area contributed by atoms with E-state index < -0.39 is 0 Å². The summed E-state index contributed by atoms with van der Waals surface area (Å²) in [6, 6.07) is 0. The average Bonchev–Trinajstić information content (AvgIpc) is 2.49. The molecule has 0 aliphatic carbocycles. The summed E-state index contributed by atoms with van der Waals surface area (Å²) in [7, 11) is 3.32. The zero-order valence-corrected chi connectivity index (χ0v) is 7.78. The minimum absolute atomic E-state index is 0.0975. The van der Waals surface area contributed by atoms with E-state index in [0.29, 0.717) is 6.54 Å². The molecular formula is C8H13N3O2. The molecule has 13 heavy (non-hydrogen) atoms. The lowest BCUT2D eigenvalue weighted by Crippen LogP contribution is -2.26. The van der Waals surface area contributed by atoms with Crippen LogP contribution in [0.15, 0.2) is 12.4 Å². The molecule has 0 radical (unpaired) electrons. The highest BCUT2D eigenvalue weighted by molar-refractivity contribution is 5.77. The summed E-state index contributed by atoms with van der Waals surface area (Å²) in [4.78, 5) is 11.0. The molecule has 1 rings (SSSR count). The zero-order valence-electron chi connectivity index (χ0n) is 7.78. The zero-order chi connectivity index (χ0) is 9.68. The maximum absolute atomic E-state index is 11.0. The molecule has 0 bridgehead atoms. The van der Waals surface area contributed by atoms with Gasteiger partial charge in [0, 0.05) is 32.5 Å². The van der Waals surface area contributed by atoms with Crippen LogP contribution in [0.5, 0.6) is 0 Å². The molecule has 1 heterocycles. The van der Waals surface area contributed by atoms with E-state index >= 15 is 0 Å². The van der Waals surface area contributed by atoms with Gasteiger partial charge < -0.3 is 10.1 Å². The Morgan fingerprint density at radius 3 is 3.08 bits per heavy atom. The van der Waals surface area contributed by atoms with Crippen LogP contribution >= 0.6 is 0 Å². The Kier molecular flexibility index (Phi) is 3.45. The molecule has 0 unspecified atom stereocenters. The van der Waals surface area contributed by atoms with Gasteiger partial charge in [-0.2, -0.15) is 5.10 Å². The first-order valence-corrected chi connectivity index (χ1v) is 3.95. The molecule has 72 valence electrons. The number of nitrogens with one attached hydrogen (secondary N) is 1. The van der Waals surface area contributed by atoms with E-state index in [1.165, 1.54) is 7.11 Å². The highest BCUT2D eigenvalue weighted by Crippen LogP contribution is 1.94. The molecule has 1 aromatic heterocycles. The van der Waals surface area contributed by atoms with Crippen molar-refractivity contribution in [2.75, 3.05) is 13.7 Å². The van der Waals surface area contributed by atoms with E-state index in [9.17, 15) is 4.79 Å². The fraction of sp³-hybridized carbons (Fsp3) is 0.500. The molecule has 0 aromatic carbocycles. The number of methoxy groups -OCH3 is 1. The van der Waals surface area contributed by atoms with Crippen LogP contribution in [0.2, 0.25) is 0 Å². The van der Waals surface area contributed by atoms with E-state index in [-0.39, 0.29) is 12.5 Å². The lowest BCUT2D eigenvalue weighted by atomic mass is 10.3. The summed E-state index contributed by atoms with van der Waals surface area (Å²) < 4.78 is 6.36. The molecule has 5 nitrogen and oxygen atoms in total. The monoisotopic (exact) mass is 183 g/mol. The molecule has 0 saturated carbocycles. The van der Waals surface area contributed by atoms with Gasteiger partial charge in [0.15, 0.2) is 0 Å². The molecule has 0 spiro atoms. The summed E-state index contributed by atoms with van der Waals surface area (Å²) in [5.41, 5.74) is 0.979. The first kappa shape index (κ1) is 9.73. The van der Waals surface area contributed by atoms with Crippen LogP contribution in [-0.4, -0.2) is 29.4 Å². The summed E-state index contributed by atoms with van der Waals surface area (Å²) >= 11 is 0. The Labute approximate surface area is 76.7 Å². The maximum Gasteiger partial charge on any atom is 0.246 e. The Morgan fingerprint density at radius 2 is 2.54 bits per heavy atom. The predicted octanol–water partition coefficient (Wildman–Crippen LogP) is -0.317. The molecule has 5 heteroatoms. The van der Waals surface area contributed by atoms with Crippen molar-refractivity contribution in [3.63, 3.8) is 0 Å². The Hall–Kier alpha value is -1.36. The van der Waals surface area contributed by atoms with Gasteiger partial charge in [0.25, 0.3) is 0 Å². The van der Waals surface area contributed by atoms with Gasteiger partial charge in [0.2, 0.25) is 5.91 Å². The predicted molar refractivity (Wildman–Crippen MR) is 46.9 cm³/mol. The van der Waals surface area contributed by atoms with Crippen molar-refractivity contribution in [2.24, 2.45) is 7.05 Å². The molecule has 0 fully saturated rings.